The molecule has 2 saturated heterocycles. The third-order valence-corrected chi connectivity index (χ3v) is 4.88. The molecule has 0 spiro atoms. The number of anilines is 1. The predicted molar refractivity (Wildman–Crippen MR) is 87.2 cm³/mol. The van der Waals surface area contributed by atoms with Crippen LogP contribution in [-0.4, -0.2) is 59.5 Å². The molecular formula is C17H22F2N4O2. The van der Waals surface area contributed by atoms with Crippen LogP contribution >= 0.6 is 0 Å². The molecule has 4 rings (SSSR count). The molecule has 1 aromatic rings. The van der Waals surface area contributed by atoms with Gasteiger partial charge in [-0.1, -0.05) is 0 Å². The maximum Gasteiger partial charge on any atom is 0.282 e. The van der Waals surface area contributed by atoms with Crippen LogP contribution in [0.2, 0.25) is 0 Å². The van der Waals surface area contributed by atoms with E-state index in [0.717, 1.165) is 45.2 Å². The lowest BCUT2D eigenvalue weighted by Crippen LogP contribution is -2.56. The number of ether oxygens (including phenoxy) is 1. The molecule has 0 aromatic carbocycles. The quantitative estimate of drug-likeness (QED) is 0.814. The fourth-order valence-electron chi connectivity index (χ4n) is 3.18. The third-order valence-electron chi connectivity index (χ3n) is 4.88. The first-order valence-corrected chi connectivity index (χ1v) is 8.94. The summed E-state index contributed by atoms with van der Waals surface area (Å²) in [6.07, 6.45) is 6.71. The standard InChI is InChI=1S/C17H22F2N4O2/c18-17(19)10-23(11-17)14-15(25-9-12-4-5-12)21-13(8-20-14)16(24)22-6-2-1-3-7-22/h8,12H,1-7,9-11H2. The second kappa shape index (κ2) is 6.38. The van der Waals surface area contributed by atoms with Gasteiger partial charge in [0.15, 0.2) is 11.5 Å². The van der Waals surface area contributed by atoms with Crippen molar-refractivity contribution >= 4 is 11.7 Å². The van der Waals surface area contributed by atoms with Crippen LogP contribution in [0, 0.1) is 5.92 Å². The third kappa shape index (κ3) is 3.67. The van der Waals surface area contributed by atoms with Crippen molar-refractivity contribution in [2.45, 2.75) is 38.0 Å². The first kappa shape index (κ1) is 16.5. The Kier molecular flexibility index (Phi) is 4.21. The molecule has 8 heteroatoms. The zero-order chi connectivity index (χ0) is 17.4. The molecule has 3 heterocycles. The highest BCUT2D eigenvalue weighted by Gasteiger charge is 2.46. The van der Waals surface area contributed by atoms with Gasteiger partial charge < -0.3 is 14.5 Å². The summed E-state index contributed by atoms with van der Waals surface area (Å²) in [5, 5.41) is 0. The minimum absolute atomic E-state index is 0.163. The van der Waals surface area contributed by atoms with Gasteiger partial charge >= 0.3 is 0 Å². The number of piperidine rings is 1. The molecular weight excluding hydrogens is 330 g/mol. The Morgan fingerprint density at radius 3 is 2.60 bits per heavy atom. The van der Waals surface area contributed by atoms with Gasteiger partial charge in [-0.15, -0.1) is 0 Å². The first-order valence-electron chi connectivity index (χ1n) is 8.94. The van der Waals surface area contributed by atoms with Crippen LogP contribution in [0.25, 0.3) is 0 Å². The molecule has 0 bridgehead atoms. The monoisotopic (exact) mass is 352 g/mol. The number of carbonyl (C=O) groups is 1. The van der Waals surface area contributed by atoms with E-state index in [1.807, 2.05) is 0 Å². The van der Waals surface area contributed by atoms with Gasteiger partial charge in [0.2, 0.25) is 0 Å². The molecule has 6 nitrogen and oxygen atoms in total. The second-order valence-corrected chi connectivity index (χ2v) is 7.20. The summed E-state index contributed by atoms with van der Waals surface area (Å²) in [7, 11) is 0. The van der Waals surface area contributed by atoms with Crippen molar-refractivity contribution in [1.29, 1.82) is 0 Å². The van der Waals surface area contributed by atoms with Crippen LogP contribution < -0.4 is 9.64 Å². The minimum atomic E-state index is -2.70. The number of hydrogen-bond acceptors (Lipinski definition) is 5. The lowest BCUT2D eigenvalue weighted by molar-refractivity contribution is -0.0270. The van der Waals surface area contributed by atoms with Crippen LogP contribution in [0.15, 0.2) is 6.20 Å². The number of aromatic nitrogens is 2. The van der Waals surface area contributed by atoms with Gasteiger partial charge in [-0.05, 0) is 38.0 Å². The molecule has 25 heavy (non-hydrogen) atoms. The van der Waals surface area contributed by atoms with E-state index in [-0.39, 0.29) is 30.6 Å². The zero-order valence-corrected chi connectivity index (χ0v) is 14.1. The molecule has 3 aliphatic rings. The highest BCUT2D eigenvalue weighted by Crippen LogP contribution is 2.36. The van der Waals surface area contributed by atoms with E-state index in [9.17, 15) is 13.6 Å². The van der Waals surface area contributed by atoms with Gasteiger partial charge in [-0.3, -0.25) is 4.79 Å². The number of nitrogens with zero attached hydrogens (tertiary/aromatic N) is 4. The number of halogens is 2. The smallest absolute Gasteiger partial charge is 0.282 e. The maximum absolute atomic E-state index is 13.2. The van der Waals surface area contributed by atoms with Crippen molar-refractivity contribution in [2.75, 3.05) is 37.7 Å². The fourth-order valence-corrected chi connectivity index (χ4v) is 3.18. The van der Waals surface area contributed by atoms with Crippen LogP contribution in [-0.2, 0) is 0 Å². The number of likely N-dealkylation sites (tertiary alicyclic amines) is 1. The van der Waals surface area contributed by atoms with Crippen molar-refractivity contribution < 1.29 is 18.3 Å². The first-order chi connectivity index (χ1) is 12.0. The van der Waals surface area contributed by atoms with Crippen LogP contribution in [0.3, 0.4) is 0 Å². The largest absolute Gasteiger partial charge is 0.475 e. The van der Waals surface area contributed by atoms with Crippen molar-refractivity contribution in [3.8, 4) is 5.88 Å². The van der Waals surface area contributed by atoms with Gasteiger partial charge in [0, 0.05) is 13.1 Å². The van der Waals surface area contributed by atoms with Gasteiger partial charge in [-0.25, -0.2) is 18.7 Å². The number of rotatable bonds is 5. The van der Waals surface area contributed by atoms with E-state index < -0.39 is 5.92 Å². The number of alkyl halides is 2. The second-order valence-electron chi connectivity index (χ2n) is 7.20. The Hall–Kier alpha value is -1.99. The topological polar surface area (TPSA) is 58.6 Å². The summed E-state index contributed by atoms with van der Waals surface area (Å²) in [6, 6.07) is 0. The molecule has 1 aliphatic carbocycles. The number of amides is 1. The fraction of sp³-hybridized carbons (Fsp3) is 0.706. The Labute approximate surface area is 145 Å². The molecule has 2 aliphatic heterocycles. The summed E-state index contributed by atoms with van der Waals surface area (Å²) in [5.74, 6) is -1.86. The van der Waals surface area contributed by atoms with E-state index in [4.69, 9.17) is 4.74 Å². The van der Waals surface area contributed by atoms with Gasteiger partial charge in [0.05, 0.1) is 25.9 Å². The van der Waals surface area contributed by atoms with E-state index in [2.05, 4.69) is 9.97 Å². The van der Waals surface area contributed by atoms with Crippen LogP contribution in [0.4, 0.5) is 14.6 Å². The molecule has 1 saturated carbocycles. The van der Waals surface area contributed by atoms with E-state index in [1.165, 1.54) is 11.1 Å². The minimum Gasteiger partial charge on any atom is -0.475 e. The van der Waals surface area contributed by atoms with E-state index in [0.29, 0.717) is 18.3 Å². The summed E-state index contributed by atoms with van der Waals surface area (Å²) < 4.78 is 32.1. The van der Waals surface area contributed by atoms with Crippen molar-refractivity contribution in [2.24, 2.45) is 5.92 Å². The van der Waals surface area contributed by atoms with Crippen molar-refractivity contribution in [1.82, 2.24) is 14.9 Å². The maximum atomic E-state index is 13.2. The van der Waals surface area contributed by atoms with Crippen molar-refractivity contribution in [3.63, 3.8) is 0 Å². The molecule has 136 valence electrons. The van der Waals surface area contributed by atoms with Gasteiger partial charge in [0.25, 0.3) is 17.7 Å². The number of carbonyl (C=O) groups excluding carboxylic acids is 1. The normalized spacial score (nSPS) is 22.5. The molecule has 3 fully saturated rings. The van der Waals surface area contributed by atoms with Crippen LogP contribution in [0.1, 0.15) is 42.6 Å². The average Bonchev–Trinajstić information content (AvgIpc) is 3.42. The Morgan fingerprint density at radius 2 is 1.96 bits per heavy atom. The van der Waals surface area contributed by atoms with E-state index >= 15 is 0 Å². The van der Waals surface area contributed by atoms with Gasteiger partial charge in [-0.2, -0.15) is 0 Å². The highest BCUT2D eigenvalue weighted by molar-refractivity contribution is 5.92. The summed E-state index contributed by atoms with van der Waals surface area (Å²) in [5.41, 5.74) is 0.226. The zero-order valence-electron chi connectivity index (χ0n) is 14.1. The van der Waals surface area contributed by atoms with Gasteiger partial charge in [0.1, 0.15) is 0 Å². The molecule has 1 aromatic heterocycles. The molecule has 0 atom stereocenters. The highest BCUT2D eigenvalue weighted by atomic mass is 19.3. The van der Waals surface area contributed by atoms with Crippen LogP contribution in [0.5, 0.6) is 5.88 Å². The van der Waals surface area contributed by atoms with Crippen molar-refractivity contribution in [3.05, 3.63) is 11.9 Å². The van der Waals surface area contributed by atoms with E-state index in [1.54, 1.807) is 4.90 Å². The Bertz CT molecular complexity index is 652. The lowest BCUT2D eigenvalue weighted by atomic mass is 10.1. The summed E-state index contributed by atoms with van der Waals surface area (Å²) >= 11 is 0. The Morgan fingerprint density at radius 1 is 1.24 bits per heavy atom. The number of hydrogen-bond donors (Lipinski definition) is 0. The Balaban J connectivity index is 1.53. The SMILES string of the molecule is O=C(c1cnc(N2CC(F)(F)C2)c(OCC2CC2)n1)N1CCCCC1. The molecule has 0 N–H and O–H groups in total. The molecule has 0 unspecified atom stereocenters. The molecule has 0 radical (unpaired) electrons. The average molecular weight is 352 g/mol. The molecule has 1 amide bonds. The summed E-state index contributed by atoms with van der Waals surface area (Å²) in [4.78, 5) is 24.4. The predicted octanol–water partition coefficient (Wildman–Crippen LogP) is 2.35. The summed E-state index contributed by atoms with van der Waals surface area (Å²) in [6.45, 7) is 1.16. The lowest BCUT2D eigenvalue weighted by Gasteiger charge is -2.39.